The molecular weight excluding hydrogens is 222 g/mol. The highest BCUT2D eigenvalue weighted by Gasteiger charge is 2.34. The van der Waals surface area contributed by atoms with Gasteiger partial charge >= 0.3 is 0 Å². The molecular formula is C12H16ClN3. The summed E-state index contributed by atoms with van der Waals surface area (Å²) in [6.45, 7) is 2.29. The molecule has 2 fully saturated rings. The van der Waals surface area contributed by atoms with E-state index in [2.05, 4.69) is 21.3 Å². The second kappa shape index (κ2) is 4.22. The lowest BCUT2D eigenvalue weighted by molar-refractivity contribution is 0.412. The molecule has 4 heteroatoms. The Morgan fingerprint density at radius 1 is 1.38 bits per heavy atom. The fourth-order valence-corrected chi connectivity index (χ4v) is 3.04. The molecule has 0 amide bonds. The van der Waals surface area contributed by atoms with E-state index in [1.54, 1.807) is 0 Å². The van der Waals surface area contributed by atoms with E-state index >= 15 is 0 Å². The third-order valence-electron chi connectivity index (χ3n) is 3.67. The largest absolute Gasteiger partial charge is 0.366 e. The molecule has 2 unspecified atom stereocenters. The number of anilines is 1. The molecule has 2 saturated heterocycles. The summed E-state index contributed by atoms with van der Waals surface area (Å²) in [4.78, 5) is 6.66. The summed E-state index contributed by atoms with van der Waals surface area (Å²) in [6, 6.07) is 5.28. The van der Waals surface area contributed by atoms with Gasteiger partial charge in [-0.2, -0.15) is 0 Å². The van der Waals surface area contributed by atoms with Crippen LogP contribution < -0.4 is 10.2 Å². The van der Waals surface area contributed by atoms with Crippen molar-refractivity contribution in [3.05, 3.63) is 23.5 Å². The summed E-state index contributed by atoms with van der Waals surface area (Å²) >= 11 is 5.82. The molecule has 0 bridgehead atoms. The Labute approximate surface area is 101 Å². The monoisotopic (exact) mass is 237 g/mol. The van der Waals surface area contributed by atoms with Gasteiger partial charge in [0.05, 0.1) is 11.9 Å². The second-order valence-electron chi connectivity index (χ2n) is 4.59. The molecule has 1 aromatic heterocycles. The summed E-state index contributed by atoms with van der Waals surface area (Å²) in [6.07, 6.45) is 5.70. The number of hydrogen-bond donors (Lipinski definition) is 1. The molecule has 0 aromatic carbocycles. The standard InChI is InChI=1S/C12H16ClN3/c13-12-4-3-9(8-15-12)16-7-1-2-10-11(16)5-6-14-10/h3-4,8,10-11,14H,1-2,5-7H2. The molecule has 0 saturated carbocycles. The van der Waals surface area contributed by atoms with Gasteiger partial charge in [-0.25, -0.2) is 4.98 Å². The minimum absolute atomic E-state index is 0.571. The number of aromatic nitrogens is 1. The second-order valence-corrected chi connectivity index (χ2v) is 4.98. The molecule has 0 spiro atoms. The maximum Gasteiger partial charge on any atom is 0.129 e. The smallest absolute Gasteiger partial charge is 0.129 e. The van der Waals surface area contributed by atoms with Crippen LogP contribution in [0.25, 0.3) is 0 Å². The Kier molecular flexibility index (Phi) is 2.74. The number of nitrogens with zero attached hydrogens (tertiary/aromatic N) is 2. The molecule has 0 radical (unpaired) electrons. The predicted octanol–water partition coefficient (Wildman–Crippen LogP) is 2.07. The lowest BCUT2D eigenvalue weighted by Gasteiger charge is -2.38. The zero-order chi connectivity index (χ0) is 11.0. The number of nitrogens with one attached hydrogen (secondary N) is 1. The van der Waals surface area contributed by atoms with Crippen LogP contribution in [-0.2, 0) is 0 Å². The Morgan fingerprint density at radius 2 is 2.31 bits per heavy atom. The number of piperidine rings is 1. The van der Waals surface area contributed by atoms with Gasteiger partial charge in [0.2, 0.25) is 0 Å². The Hall–Kier alpha value is -0.800. The Bertz CT molecular complexity index is 365. The zero-order valence-corrected chi connectivity index (χ0v) is 9.95. The van der Waals surface area contributed by atoms with Crippen molar-refractivity contribution in [1.82, 2.24) is 10.3 Å². The summed E-state index contributed by atoms with van der Waals surface area (Å²) in [5, 5.41) is 4.15. The number of rotatable bonds is 1. The fraction of sp³-hybridized carbons (Fsp3) is 0.583. The van der Waals surface area contributed by atoms with Crippen molar-refractivity contribution >= 4 is 17.3 Å². The van der Waals surface area contributed by atoms with Gasteiger partial charge in [0.25, 0.3) is 0 Å². The number of halogens is 1. The van der Waals surface area contributed by atoms with E-state index in [4.69, 9.17) is 11.6 Å². The van der Waals surface area contributed by atoms with E-state index < -0.39 is 0 Å². The van der Waals surface area contributed by atoms with Crippen LogP contribution in [0.5, 0.6) is 0 Å². The summed E-state index contributed by atoms with van der Waals surface area (Å²) in [5.41, 5.74) is 1.21. The molecule has 16 heavy (non-hydrogen) atoms. The van der Waals surface area contributed by atoms with E-state index in [9.17, 15) is 0 Å². The van der Waals surface area contributed by atoms with Crippen LogP contribution in [0.2, 0.25) is 5.15 Å². The van der Waals surface area contributed by atoms with Gasteiger partial charge in [-0.05, 0) is 37.9 Å². The summed E-state index contributed by atoms with van der Waals surface area (Å²) in [5.74, 6) is 0. The van der Waals surface area contributed by atoms with E-state index in [-0.39, 0.29) is 0 Å². The van der Waals surface area contributed by atoms with Crippen molar-refractivity contribution in [2.75, 3.05) is 18.0 Å². The van der Waals surface area contributed by atoms with E-state index in [0.717, 1.165) is 13.1 Å². The van der Waals surface area contributed by atoms with Crippen LogP contribution in [0.3, 0.4) is 0 Å². The van der Waals surface area contributed by atoms with E-state index in [1.807, 2.05) is 12.3 Å². The zero-order valence-electron chi connectivity index (χ0n) is 9.19. The van der Waals surface area contributed by atoms with Crippen molar-refractivity contribution in [2.24, 2.45) is 0 Å². The quantitative estimate of drug-likeness (QED) is 0.758. The van der Waals surface area contributed by atoms with Gasteiger partial charge in [-0.15, -0.1) is 0 Å². The van der Waals surface area contributed by atoms with Crippen LogP contribution in [0.4, 0.5) is 5.69 Å². The van der Waals surface area contributed by atoms with Crippen molar-refractivity contribution in [3.8, 4) is 0 Å². The van der Waals surface area contributed by atoms with Crippen LogP contribution in [0, 0.1) is 0 Å². The van der Waals surface area contributed by atoms with Gasteiger partial charge in [0, 0.05) is 18.6 Å². The Balaban J connectivity index is 1.85. The lowest BCUT2D eigenvalue weighted by Crippen LogP contribution is -2.48. The third kappa shape index (κ3) is 1.78. The number of fused-ring (bicyclic) bond motifs is 1. The van der Waals surface area contributed by atoms with E-state index in [1.165, 1.54) is 24.9 Å². The fourth-order valence-electron chi connectivity index (χ4n) is 2.93. The number of pyridine rings is 1. The van der Waals surface area contributed by atoms with Crippen LogP contribution in [0.1, 0.15) is 19.3 Å². The molecule has 1 N–H and O–H groups in total. The first-order chi connectivity index (χ1) is 7.84. The summed E-state index contributed by atoms with van der Waals surface area (Å²) in [7, 11) is 0. The normalized spacial score (nSPS) is 29.2. The molecule has 3 nitrogen and oxygen atoms in total. The number of hydrogen-bond acceptors (Lipinski definition) is 3. The summed E-state index contributed by atoms with van der Waals surface area (Å²) < 4.78 is 0. The molecule has 2 atom stereocenters. The van der Waals surface area contributed by atoms with Crippen molar-refractivity contribution in [3.63, 3.8) is 0 Å². The van der Waals surface area contributed by atoms with Crippen molar-refractivity contribution < 1.29 is 0 Å². The van der Waals surface area contributed by atoms with Gasteiger partial charge < -0.3 is 10.2 Å². The first-order valence-corrected chi connectivity index (χ1v) is 6.34. The third-order valence-corrected chi connectivity index (χ3v) is 3.89. The first kappa shape index (κ1) is 10.4. The average molecular weight is 238 g/mol. The highest BCUT2D eigenvalue weighted by molar-refractivity contribution is 6.29. The maximum absolute atomic E-state index is 5.82. The Morgan fingerprint density at radius 3 is 3.12 bits per heavy atom. The minimum Gasteiger partial charge on any atom is -0.366 e. The highest BCUT2D eigenvalue weighted by Crippen LogP contribution is 2.29. The van der Waals surface area contributed by atoms with E-state index in [0.29, 0.717) is 17.2 Å². The SMILES string of the molecule is Clc1ccc(N2CCCC3NCCC32)cn1. The molecule has 3 rings (SSSR count). The van der Waals surface area contributed by atoms with Crippen LogP contribution >= 0.6 is 11.6 Å². The molecule has 1 aromatic rings. The molecule has 2 aliphatic heterocycles. The van der Waals surface area contributed by atoms with Crippen molar-refractivity contribution in [2.45, 2.75) is 31.3 Å². The maximum atomic E-state index is 5.82. The first-order valence-electron chi connectivity index (χ1n) is 5.96. The highest BCUT2D eigenvalue weighted by atomic mass is 35.5. The topological polar surface area (TPSA) is 28.2 Å². The molecule has 3 heterocycles. The molecule has 2 aliphatic rings. The molecule has 0 aliphatic carbocycles. The lowest BCUT2D eigenvalue weighted by atomic mass is 9.97. The van der Waals surface area contributed by atoms with Crippen molar-refractivity contribution in [1.29, 1.82) is 0 Å². The minimum atomic E-state index is 0.571. The average Bonchev–Trinajstić information content (AvgIpc) is 2.78. The molecule has 86 valence electrons. The van der Waals surface area contributed by atoms with Gasteiger partial charge in [-0.1, -0.05) is 11.6 Å². The van der Waals surface area contributed by atoms with Gasteiger partial charge in [0.1, 0.15) is 5.15 Å². The van der Waals surface area contributed by atoms with Gasteiger partial charge in [-0.3, -0.25) is 0 Å². The van der Waals surface area contributed by atoms with Crippen LogP contribution in [0.15, 0.2) is 18.3 Å². The predicted molar refractivity (Wildman–Crippen MR) is 66.0 cm³/mol. The van der Waals surface area contributed by atoms with Gasteiger partial charge in [0.15, 0.2) is 0 Å². The van der Waals surface area contributed by atoms with Crippen LogP contribution in [-0.4, -0.2) is 30.2 Å².